The van der Waals surface area contributed by atoms with E-state index in [0.717, 1.165) is 19.3 Å². The minimum absolute atomic E-state index is 0.0442. The molecule has 0 saturated carbocycles. The highest BCUT2D eigenvalue weighted by molar-refractivity contribution is 8.00. The number of carbonyl (C=O) groups is 2. The number of unbranched alkanes of at least 4 members (excludes halogenated alkanes) is 2. The molecule has 1 fully saturated rings. The van der Waals surface area contributed by atoms with E-state index in [-0.39, 0.29) is 17.3 Å². The maximum absolute atomic E-state index is 12.5. The monoisotopic (exact) mass is 302 g/mol. The van der Waals surface area contributed by atoms with Crippen LogP contribution in [0, 0.1) is 5.92 Å². The summed E-state index contributed by atoms with van der Waals surface area (Å²) in [5, 5.41) is 9.26. The van der Waals surface area contributed by atoms with Crippen LogP contribution in [0.5, 0.6) is 0 Å². The summed E-state index contributed by atoms with van der Waals surface area (Å²) in [5.41, 5.74) is 0. The van der Waals surface area contributed by atoms with Crippen molar-refractivity contribution in [2.24, 2.45) is 5.92 Å². The molecule has 1 saturated heterocycles. The number of aliphatic carboxylic acids is 1. The number of carbonyl (C=O) groups excluding carboxylic acids is 1. The molecule has 0 radical (unpaired) electrons. The van der Waals surface area contributed by atoms with Crippen LogP contribution < -0.4 is 0 Å². The summed E-state index contributed by atoms with van der Waals surface area (Å²) < 4.78 is 0. The molecular formula is C14H26N2O3S. The Bertz CT molecular complexity index is 349. The molecule has 2 atom stereocenters. The smallest absolute Gasteiger partial charge is 0.327 e. The van der Waals surface area contributed by atoms with Gasteiger partial charge in [-0.25, -0.2) is 9.59 Å². The lowest BCUT2D eigenvalue weighted by molar-refractivity contribution is -0.141. The molecule has 1 N–H and O–H groups in total. The van der Waals surface area contributed by atoms with Gasteiger partial charge in [-0.3, -0.25) is 4.90 Å². The fourth-order valence-corrected chi connectivity index (χ4v) is 3.83. The first kappa shape index (κ1) is 17.1. The lowest BCUT2D eigenvalue weighted by Gasteiger charge is -2.33. The van der Waals surface area contributed by atoms with E-state index in [4.69, 9.17) is 0 Å². The number of thioether (sulfide) groups is 1. The largest absolute Gasteiger partial charge is 0.480 e. The number of carboxylic acids is 1. The van der Waals surface area contributed by atoms with Crippen LogP contribution in [0.2, 0.25) is 0 Å². The molecule has 1 rings (SSSR count). The lowest BCUT2D eigenvalue weighted by Crippen LogP contribution is -2.51. The van der Waals surface area contributed by atoms with Gasteiger partial charge < -0.3 is 10.0 Å². The van der Waals surface area contributed by atoms with Gasteiger partial charge in [0.15, 0.2) is 0 Å². The van der Waals surface area contributed by atoms with Gasteiger partial charge in [-0.1, -0.05) is 33.6 Å². The van der Waals surface area contributed by atoms with Crippen molar-refractivity contribution in [3.05, 3.63) is 0 Å². The molecule has 0 spiro atoms. The molecule has 1 heterocycles. The van der Waals surface area contributed by atoms with Crippen LogP contribution in [0.4, 0.5) is 4.79 Å². The molecule has 0 bridgehead atoms. The zero-order chi connectivity index (χ0) is 15.3. The van der Waals surface area contributed by atoms with Gasteiger partial charge in [0.1, 0.15) is 6.04 Å². The molecule has 0 aromatic rings. The second-order valence-electron chi connectivity index (χ2n) is 5.64. The standard InChI is InChI=1S/C14H26N2O3S/c1-5-6-7-8-15(4)14(19)16-11(13(17)18)9-20-12(16)10(2)3/h10-12H,5-9H2,1-4H3,(H,17,18). The molecule has 5 nitrogen and oxygen atoms in total. The van der Waals surface area contributed by atoms with E-state index in [9.17, 15) is 14.7 Å². The Morgan fingerprint density at radius 3 is 2.55 bits per heavy atom. The van der Waals surface area contributed by atoms with E-state index in [1.165, 1.54) is 0 Å². The quantitative estimate of drug-likeness (QED) is 0.766. The number of hydrogen-bond acceptors (Lipinski definition) is 3. The SMILES string of the molecule is CCCCCN(C)C(=O)N1C(C(=O)O)CSC1C(C)C. The third-order valence-electron chi connectivity index (χ3n) is 3.53. The summed E-state index contributed by atoms with van der Waals surface area (Å²) in [6, 6.07) is -0.856. The van der Waals surface area contributed by atoms with Crippen LogP contribution >= 0.6 is 11.8 Å². The predicted octanol–water partition coefficient (Wildman–Crippen LogP) is 2.71. The Labute approximate surface area is 125 Å². The van der Waals surface area contributed by atoms with E-state index in [0.29, 0.717) is 12.3 Å². The summed E-state index contributed by atoms with van der Waals surface area (Å²) in [6.45, 7) is 6.86. The highest BCUT2D eigenvalue weighted by Gasteiger charge is 2.43. The van der Waals surface area contributed by atoms with Gasteiger partial charge in [0.25, 0.3) is 0 Å². The lowest BCUT2D eigenvalue weighted by atomic mass is 10.1. The van der Waals surface area contributed by atoms with Gasteiger partial charge in [0.2, 0.25) is 0 Å². The Morgan fingerprint density at radius 2 is 2.05 bits per heavy atom. The van der Waals surface area contributed by atoms with Gasteiger partial charge in [-0.2, -0.15) is 0 Å². The van der Waals surface area contributed by atoms with Gasteiger partial charge in [0.05, 0.1) is 5.37 Å². The molecule has 0 aromatic carbocycles. The fourth-order valence-electron chi connectivity index (χ4n) is 2.37. The van der Waals surface area contributed by atoms with Gasteiger partial charge >= 0.3 is 12.0 Å². The first-order chi connectivity index (χ1) is 9.40. The average Bonchev–Trinajstić information content (AvgIpc) is 2.82. The molecule has 1 aliphatic rings. The van der Waals surface area contributed by atoms with Crippen molar-refractivity contribution in [1.29, 1.82) is 0 Å². The average molecular weight is 302 g/mol. The summed E-state index contributed by atoms with van der Waals surface area (Å²) >= 11 is 1.57. The molecule has 0 aromatic heterocycles. The molecule has 6 heteroatoms. The van der Waals surface area contributed by atoms with Crippen molar-refractivity contribution < 1.29 is 14.7 Å². The number of carboxylic acid groups (broad SMARTS) is 1. The van der Waals surface area contributed by atoms with Crippen molar-refractivity contribution >= 4 is 23.8 Å². The predicted molar refractivity (Wildman–Crippen MR) is 81.9 cm³/mol. The summed E-state index contributed by atoms with van der Waals surface area (Å²) in [7, 11) is 1.76. The van der Waals surface area contributed by atoms with E-state index in [1.54, 1.807) is 28.6 Å². The maximum Gasteiger partial charge on any atom is 0.327 e. The summed E-state index contributed by atoms with van der Waals surface area (Å²) in [6.07, 6.45) is 3.15. The Morgan fingerprint density at radius 1 is 1.40 bits per heavy atom. The first-order valence-electron chi connectivity index (χ1n) is 7.28. The Balaban J connectivity index is 2.75. The van der Waals surface area contributed by atoms with E-state index < -0.39 is 12.0 Å². The molecule has 116 valence electrons. The molecule has 0 aliphatic carbocycles. The van der Waals surface area contributed by atoms with Gasteiger partial charge in [0, 0.05) is 19.3 Å². The topological polar surface area (TPSA) is 60.9 Å². The minimum Gasteiger partial charge on any atom is -0.480 e. The van der Waals surface area contributed by atoms with Crippen LogP contribution in [-0.2, 0) is 4.79 Å². The first-order valence-corrected chi connectivity index (χ1v) is 8.32. The van der Waals surface area contributed by atoms with E-state index >= 15 is 0 Å². The van der Waals surface area contributed by atoms with Gasteiger partial charge in [-0.05, 0) is 12.3 Å². The third-order valence-corrected chi connectivity index (χ3v) is 5.16. The zero-order valence-corrected chi connectivity index (χ0v) is 13.7. The van der Waals surface area contributed by atoms with Crippen molar-refractivity contribution in [3.63, 3.8) is 0 Å². The Kier molecular flexibility index (Phi) is 6.65. The van der Waals surface area contributed by atoms with E-state index in [1.807, 2.05) is 13.8 Å². The van der Waals surface area contributed by atoms with Crippen molar-refractivity contribution in [2.75, 3.05) is 19.3 Å². The number of amides is 2. The number of hydrogen-bond donors (Lipinski definition) is 1. The number of urea groups is 1. The summed E-state index contributed by atoms with van der Waals surface area (Å²) in [5.74, 6) is -0.180. The van der Waals surface area contributed by atoms with Crippen LogP contribution in [0.25, 0.3) is 0 Å². The highest BCUT2D eigenvalue weighted by atomic mass is 32.2. The van der Waals surface area contributed by atoms with Crippen LogP contribution in [0.3, 0.4) is 0 Å². The molecule has 1 aliphatic heterocycles. The molecule has 2 unspecified atom stereocenters. The van der Waals surface area contributed by atoms with Crippen molar-refractivity contribution in [2.45, 2.75) is 51.4 Å². The van der Waals surface area contributed by atoms with Crippen molar-refractivity contribution in [1.82, 2.24) is 9.80 Å². The van der Waals surface area contributed by atoms with Crippen LogP contribution in [0.1, 0.15) is 40.0 Å². The molecule has 2 amide bonds. The second-order valence-corrected chi connectivity index (χ2v) is 6.79. The van der Waals surface area contributed by atoms with Gasteiger partial charge in [-0.15, -0.1) is 11.8 Å². The highest BCUT2D eigenvalue weighted by Crippen LogP contribution is 2.34. The molecule has 20 heavy (non-hydrogen) atoms. The van der Waals surface area contributed by atoms with E-state index in [2.05, 4.69) is 6.92 Å². The molecular weight excluding hydrogens is 276 g/mol. The van der Waals surface area contributed by atoms with Crippen LogP contribution in [0.15, 0.2) is 0 Å². The second kappa shape index (κ2) is 7.76. The zero-order valence-electron chi connectivity index (χ0n) is 12.8. The Hall–Kier alpha value is -0.910. The number of nitrogens with zero attached hydrogens (tertiary/aromatic N) is 2. The summed E-state index contributed by atoms with van der Waals surface area (Å²) in [4.78, 5) is 27.1. The minimum atomic E-state index is -0.907. The maximum atomic E-state index is 12.5. The normalized spacial score (nSPS) is 22.4. The van der Waals surface area contributed by atoms with Crippen LogP contribution in [-0.4, -0.2) is 57.7 Å². The van der Waals surface area contributed by atoms with Crippen molar-refractivity contribution in [3.8, 4) is 0 Å². The number of rotatable bonds is 6. The fraction of sp³-hybridized carbons (Fsp3) is 0.857. The third kappa shape index (κ3) is 4.04.